The predicted octanol–water partition coefficient (Wildman–Crippen LogP) is 2.58. The van der Waals surface area contributed by atoms with E-state index in [4.69, 9.17) is 22.7 Å². The van der Waals surface area contributed by atoms with Gasteiger partial charge in [0.15, 0.2) is 11.6 Å². The van der Waals surface area contributed by atoms with Crippen molar-refractivity contribution in [3.05, 3.63) is 111 Å². The summed E-state index contributed by atoms with van der Waals surface area (Å²) in [5.41, 5.74) is 7.04. The number of carbonyl (C=O) groups excluding carboxylic acids is 3. The number of nitrogens with two attached hydrogens (primary N) is 1. The molecule has 1 saturated heterocycles. The largest absolute Gasteiger partial charge is 0.384 e. The second kappa shape index (κ2) is 13.6. The molecule has 4 N–H and O–H groups in total. The van der Waals surface area contributed by atoms with Crippen LogP contribution in [0.5, 0.6) is 0 Å². The number of nitrogens with one attached hydrogen (secondary N) is 1. The standard InChI is InChI=1S/C32H33ClN8O6S/c1-38(2)48(46,47)40-17-16-24(30(40)44)29-36-32(39(3)18-19-12-14-21(15-13-19)28(34)35)41(37-29)31(45)23-11-7-10-22(25(23)33)27(43)26(42)20-8-5-4-6-9-20/h4-15,24,27,43H,16-18H2,1-3H3,(H3,34,35). The molecule has 1 amide bonds. The van der Waals surface area contributed by atoms with E-state index in [0.29, 0.717) is 5.56 Å². The Bertz CT molecular complexity index is 2000. The van der Waals surface area contributed by atoms with E-state index in [1.165, 1.54) is 32.3 Å². The zero-order valence-electron chi connectivity index (χ0n) is 26.2. The number of amidine groups is 1. The summed E-state index contributed by atoms with van der Waals surface area (Å²) in [6.07, 6.45) is -1.58. The Balaban J connectivity index is 1.53. The van der Waals surface area contributed by atoms with Gasteiger partial charge in [-0.1, -0.05) is 78.3 Å². The first-order chi connectivity index (χ1) is 22.7. The number of benzene rings is 3. The molecule has 2 atom stereocenters. The molecule has 1 fully saturated rings. The number of hydrogen-bond donors (Lipinski definition) is 3. The summed E-state index contributed by atoms with van der Waals surface area (Å²) in [5, 5.41) is 22.8. The quantitative estimate of drug-likeness (QED) is 0.119. The van der Waals surface area contributed by atoms with Crippen LogP contribution < -0.4 is 10.6 Å². The van der Waals surface area contributed by atoms with Crippen molar-refractivity contribution in [3.63, 3.8) is 0 Å². The van der Waals surface area contributed by atoms with E-state index in [-0.39, 0.29) is 58.8 Å². The van der Waals surface area contributed by atoms with Crippen LogP contribution in [0.4, 0.5) is 5.95 Å². The van der Waals surface area contributed by atoms with E-state index in [1.54, 1.807) is 66.5 Å². The number of anilines is 1. The number of nitrogen functional groups attached to an aromatic ring is 1. The molecule has 0 spiro atoms. The molecule has 1 aromatic heterocycles. The van der Waals surface area contributed by atoms with Crippen LogP contribution in [0.1, 0.15) is 61.7 Å². The topological polar surface area (TPSA) is 196 Å². The van der Waals surface area contributed by atoms with Crippen molar-refractivity contribution in [2.75, 3.05) is 32.6 Å². The first-order valence-electron chi connectivity index (χ1n) is 14.7. The molecule has 2 unspecified atom stereocenters. The van der Waals surface area contributed by atoms with E-state index in [1.807, 2.05) is 0 Å². The summed E-state index contributed by atoms with van der Waals surface area (Å²) >= 11 is 6.67. The second-order valence-corrected chi connectivity index (χ2v) is 13.8. The summed E-state index contributed by atoms with van der Waals surface area (Å²) in [6, 6.07) is 19.3. The van der Waals surface area contributed by atoms with Gasteiger partial charge in [0.25, 0.3) is 5.91 Å². The lowest BCUT2D eigenvalue weighted by Gasteiger charge is -2.20. The zero-order valence-corrected chi connectivity index (χ0v) is 27.8. The molecule has 4 aromatic rings. The number of hydrogen-bond acceptors (Lipinski definition) is 10. The van der Waals surface area contributed by atoms with Crippen LogP contribution in [-0.4, -0.2) is 88.0 Å². The van der Waals surface area contributed by atoms with Crippen molar-refractivity contribution < 1.29 is 27.9 Å². The van der Waals surface area contributed by atoms with Crippen molar-refractivity contribution in [3.8, 4) is 0 Å². The number of aliphatic hydroxyl groups excluding tert-OH is 1. The first kappa shape index (κ1) is 34.4. The van der Waals surface area contributed by atoms with Gasteiger partial charge in [-0.3, -0.25) is 19.8 Å². The fourth-order valence-corrected chi connectivity index (χ4v) is 6.64. The molecule has 0 saturated carbocycles. The average molecular weight is 693 g/mol. The highest BCUT2D eigenvalue weighted by atomic mass is 35.5. The summed E-state index contributed by atoms with van der Waals surface area (Å²) in [5.74, 6) is -3.30. The van der Waals surface area contributed by atoms with Gasteiger partial charge < -0.3 is 15.7 Å². The predicted molar refractivity (Wildman–Crippen MR) is 178 cm³/mol. The van der Waals surface area contributed by atoms with Crippen LogP contribution in [0.3, 0.4) is 0 Å². The van der Waals surface area contributed by atoms with Gasteiger partial charge in [0, 0.05) is 50.9 Å². The van der Waals surface area contributed by atoms with Crippen molar-refractivity contribution in [2.45, 2.75) is 25.0 Å². The summed E-state index contributed by atoms with van der Waals surface area (Å²) in [4.78, 5) is 46.7. The third-order valence-corrected chi connectivity index (χ3v) is 10.2. The Morgan fingerprint density at radius 1 is 1.04 bits per heavy atom. The van der Waals surface area contributed by atoms with Crippen LogP contribution in [0.25, 0.3) is 0 Å². The normalized spacial score (nSPS) is 15.5. The van der Waals surface area contributed by atoms with Gasteiger partial charge >= 0.3 is 10.2 Å². The highest BCUT2D eigenvalue weighted by Gasteiger charge is 2.43. The fourth-order valence-electron chi connectivity index (χ4n) is 5.25. The van der Waals surface area contributed by atoms with E-state index in [2.05, 4.69) is 10.1 Å². The number of rotatable bonds is 11. The van der Waals surface area contributed by atoms with Gasteiger partial charge in [0.1, 0.15) is 17.9 Å². The SMILES string of the molecule is CN(Cc1ccc(C(=N)N)cc1)c1nc(C2CCN(S(=O)(=O)N(C)C)C2=O)nn1C(=O)c1cccc(C(O)C(=O)c2ccccc2)c1Cl. The van der Waals surface area contributed by atoms with E-state index < -0.39 is 39.8 Å². The minimum atomic E-state index is -4.06. The maximum absolute atomic E-state index is 14.1. The van der Waals surface area contributed by atoms with Gasteiger partial charge in [-0.25, -0.2) is 4.31 Å². The average Bonchev–Trinajstić information content (AvgIpc) is 3.68. The monoisotopic (exact) mass is 692 g/mol. The minimum Gasteiger partial charge on any atom is -0.384 e. The molecule has 1 aliphatic heterocycles. The number of amides is 1. The molecule has 250 valence electrons. The molecule has 1 aliphatic rings. The molecule has 3 aromatic carbocycles. The Kier molecular flexibility index (Phi) is 9.77. The third-order valence-electron chi connectivity index (χ3n) is 7.90. The number of aromatic nitrogens is 3. The smallest absolute Gasteiger partial charge is 0.305 e. The second-order valence-electron chi connectivity index (χ2n) is 11.3. The third kappa shape index (κ3) is 6.57. The maximum Gasteiger partial charge on any atom is 0.305 e. The molecular formula is C32H33ClN8O6S. The van der Waals surface area contributed by atoms with Crippen LogP contribution in [0.15, 0.2) is 72.8 Å². The molecule has 5 rings (SSSR count). The Morgan fingerprint density at radius 2 is 1.71 bits per heavy atom. The van der Waals surface area contributed by atoms with Gasteiger partial charge in [-0.2, -0.15) is 22.4 Å². The molecular weight excluding hydrogens is 660 g/mol. The van der Waals surface area contributed by atoms with E-state index in [9.17, 15) is 27.9 Å². The molecule has 16 heteroatoms. The van der Waals surface area contributed by atoms with Crippen LogP contribution in [0, 0.1) is 5.41 Å². The number of aliphatic hydroxyl groups is 1. The lowest BCUT2D eigenvalue weighted by molar-refractivity contribution is -0.125. The number of carbonyl (C=O) groups is 3. The molecule has 14 nitrogen and oxygen atoms in total. The highest BCUT2D eigenvalue weighted by molar-refractivity contribution is 7.87. The van der Waals surface area contributed by atoms with Crippen molar-refractivity contribution in [1.29, 1.82) is 5.41 Å². The summed E-state index contributed by atoms with van der Waals surface area (Å²) in [7, 11) is 0.230. The first-order valence-corrected chi connectivity index (χ1v) is 16.5. The lowest BCUT2D eigenvalue weighted by atomic mass is 9.98. The van der Waals surface area contributed by atoms with Gasteiger partial charge in [-0.05, 0) is 18.1 Å². The van der Waals surface area contributed by atoms with Crippen LogP contribution in [-0.2, 0) is 21.5 Å². The number of halogens is 1. The van der Waals surface area contributed by atoms with Crippen molar-refractivity contribution >= 4 is 51.2 Å². The Labute approximate surface area is 282 Å². The lowest BCUT2D eigenvalue weighted by Crippen LogP contribution is -2.41. The molecule has 2 heterocycles. The van der Waals surface area contributed by atoms with Crippen molar-refractivity contribution in [1.82, 2.24) is 23.4 Å². The van der Waals surface area contributed by atoms with Crippen LogP contribution >= 0.6 is 11.6 Å². The number of ketones is 1. The fraction of sp³-hybridized carbons (Fsp3) is 0.250. The maximum atomic E-state index is 14.1. The Morgan fingerprint density at radius 3 is 2.33 bits per heavy atom. The van der Waals surface area contributed by atoms with Gasteiger partial charge in [0.2, 0.25) is 11.9 Å². The van der Waals surface area contributed by atoms with Crippen LogP contribution in [0.2, 0.25) is 5.02 Å². The molecule has 0 radical (unpaired) electrons. The summed E-state index contributed by atoms with van der Waals surface area (Å²) in [6.45, 7) is 0.114. The van der Waals surface area contributed by atoms with Gasteiger partial charge in [0.05, 0.1) is 10.6 Å². The van der Waals surface area contributed by atoms with E-state index >= 15 is 0 Å². The van der Waals surface area contributed by atoms with Crippen molar-refractivity contribution in [2.24, 2.45) is 5.73 Å². The Hall–Kier alpha value is -4.96. The minimum absolute atomic E-state index is 0.00711. The highest BCUT2D eigenvalue weighted by Crippen LogP contribution is 2.33. The van der Waals surface area contributed by atoms with Gasteiger partial charge in [-0.15, -0.1) is 5.10 Å². The molecule has 0 aliphatic carbocycles. The molecule has 48 heavy (non-hydrogen) atoms. The zero-order chi connectivity index (χ0) is 34.9. The summed E-state index contributed by atoms with van der Waals surface area (Å²) < 4.78 is 28.2. The number of Topliss-reactive ketones (excluding diaryl/α,β-unsaturated/α-hetero) is 1. The molecule has 0 bridgehead atoms. The van der Waals surface area contributed by atoms with E-state index in [0.717, 1.165) is 18.9 Å². The number of nitrogens with zero attached hydrogens (tertiary/aromatic N) is 6.